The molecule has 0 radical (unpaired) electrons. The number of nitro benzene ring substituents is 1. The van der Waals surface area contributed by atoms with E-state index in [0.29, 0.717) is 24.6 Å². The monoisotopic (exact) mass is 281 g/mol. The summed E-state index contributed by atoms with van der Waals surface area (Å²) >= 11 is 0. The van der Waals surface area contributed by atoms with Crippen molar-refractivity contribution in [3.05, 3.63) is 39.7 Å². The normalized spacial score (nSPS) is 20.0. The molecule has 0 bridgehead atoms. The van der Waals surface area contributed by atoms with Crippen LogP contribution in [0.2, 0.25) is 0 Å². The molecule has 0 aliphatic carbocycles. The van der Waals surface area contributed by atoms with Gasteiger partial charge in [0.25, 0.3) is 5.69 Å². The number of nitrogens with zero attached hydrogens (tertiary/aromatic N) is 2. The van der Waals surface area contributed by atoms with E-state index in [9.17, 15) is 14.5 Å². The van der Waals surface area contributed by atoms with Gasteiger partial charge in [0.15, 0.2) is 0 Å². The van der Waals surface area contributed by atoms with Crippen LogP contribution in [0, 0.1) is 21.8 Å². The number of benzene rings is 1. The molecule has 2 N–H and O–H groups in total. The first kappa shape index (κ1) is 14.9. The molecule has 1 fully saturated rings. The first-order valence-electron chi connectivity index (χ1n) is 6.95. The van der Waals surface area contributed by atoms with Crippen LogP contribution in [0.25, 0.3) is 0 Å². The van der Waals surface area contributed by atoms with E-state index in [-0.39, 0.29) is 5.69 Å². The van der Waals surface area contributed by atoms with Gasteiger partial charge in [-0.3, -0.25) is 15.0 Å². The maximum atomic E-state index is 13.3. The number of rotatable bonds is 5. The van der Waals surface area contributed by atoms with Crippen LogP contribution in [-0.2, 0) is 6.54 Å². The van der Waals surface area contributed by atoms with Gasteiger partial charge < -0.3 is 5.73 Å². The number of halogens is 1. The molecule has 0 amide bonds. The Balaban J connectivity index is 2.09. The summed E-state index contributed by atoms with van der Waals surface area (Å²) in [6, 6.07) is 3.64. The van der Waals surface area contributed by atoms with Crippen LogP contribution < -0.4 is 5.73 Å². The molecule has 2 rings (SSSR count). The summed E-state index contributed by atoms with van der Waals surface area (Å²) in [4.78, 5) is 12.7. The smallest absolute Gasteiger partial charge is 0.274 e. The molecule has 1 heterocycles. The van der Waals surface area contributed by atoms with Crippen molar-refractivity contribution < 1.29 is 9.31 Å². The lowest BCUT2D eigenvalue weighted by molar-refractivity contribution is -0.385. The molecule has 1 saturated heterocycles. The largest absolute Gasteiger partial charge is 0.330 e. The summed E-state index contributed by atoms with van der Waals surface area (Å²) in [5.41, 5.74) is 6.02. The third-order valence-corrected chi connectivity index (χ3v) is 3.81. The molecule has 1 aliphatic rings. The fourth-order valence-electron chi connectivity index (χ4n) is 2.87. The number of nitro groups is 1. The third-order valence-electron chi connectivity index (χ3n) is 3.81. The zero-order chi connectivity index (χ0) is 14.5. The SMILES string of the molecule is NCCC1CCCN(Cc2cc(F)ccc2[N+](=O)[O-])C1. The van der Waals surface area contributed by atoms with Crippen LogP contribution in [0.5, 0.6) is 0 Å². The van der Waals surface area contributed by atoms with Gasteiger partial charge >= 0.3 is 0 Å². The first-order chi connectivity index (χ1) is 9.60. The summed E-state index contributed by atoms with van der Waals surface area (Å²) < 4.78 is 13.3. The van der Waals surface area contributed by atoms with Crippen LogP contribution in [0.15, 0.2) is 18.2 Å². The Labute approximate surface area is 117 Å². The lowest BCUT2D eigenvalue weighted by atomic mass is 9.94. The van der Waals surface area contributed by atoms with E-state index in [4.69, 9.17) is 5.73 Å². The first-order valence-corrected chi connectivity index (χ1v) is 6.95. The molecule has 0 aromatic heterocycles. The van der Waals surface area contributed by atoms with Crippen molar-refractivity contribution in [1.29, 1.82) is 0 Å². The molecule has 5 nitrogen and oxygen atoms in total. The standard InChI is InChI=1S/C14H20FN3O2/c15-13-3-4-14(18(19)20)12(8-13)10-17-7-1-2-11(9-17)5-6-16/h3-4,8,11H,1-2,5-7,9-10,16H2. The van der Waals surface area contributed by atoms with E-state index >= 15 is 0 Å². The lowest BCUT2D eigenvalue weighted by Crippen LogP contribution is -2.35. The van der Waals surface area contributed by atoms with Gasteiger partial charge in [-0.05, 0) is 50.4 Å². The Hall–Kier alpha value is -1.53. The summed E-state index contributed by atoms with van der Waals surface area (Å²) in [6.07, 6.45) is 3.19. The fraction of sp³-hybridized carbons (Fsp3) is 0.571. The molecular weight excluding hydrogens is 261 g/mol. The Bertz CT molecular complexity index is 479. The maximum absolute atomic E-state index is 13.3. The van der Waals surface area contributed by atoms with Crippen LogP contribution >= 0.6 is 0 Å². The van der Waals surface area contributed by atoms with Crippen LogP contribution in [0.1, 0.15) is 24.8 Å². The zero-order valence-electron chi connectivity index (χ0n) is 11.4. The number of likely N-dealkylation sites (tertiary alicyclic amines) is 1. The van der Waals surface area contributed by atoms with Crippen LogP contribution in [-0.4, -0.2) is 29.5 Å². The van der Waals surface area contributed by atoms with E-state index < -0.39 is 10.7 Å². The maximum Gasteiger partial charge on any atom is 0.274 e. The molecule has 1 aliphatic heterocycles. The topological polar surface area (TPSA) is 72.4 Å². The van der Waals surface area contributed by atoms with E-state index in [1.54, 1.807) is 0 Å². The molecule has 20 heavy (non-hydrogen) atoms. The van der Waals surface area contributed by atoms with Gasteiger partial charge in [-0.2, -0.15) is 0 Å². The second-order valence-corrected chi connectivity index (χ2v) is 5.35. The highest BCUT2D eigenvalue weighted by molar-refractivity contribution is 5.40. The van der Waals surface area contributed by atoms with Crippen molar-refractivity contribution in [3.63, 3.8) is 0 Å². The van der Waals surface area contributed by atoms with Gasteiger partial charge in [0.1, 0.15) is 5.82 Å². The number of hydrogen-bond donors (Lipinski definition) is 1. The fourth-order valence-corrected chi connectivity index (χ4v) is 2.87. The van der Waals surface area contributed by atoms with Gasteiger partial charge in [-0.1, -0.05) is 0 Å². The highest BCUT2D eigenvalue weighted by Crippen LogP contribution is 2.25. The highest BCUT2D eigenvalue weighted by Gasteiger charge is 2.22. The predicted octanol–water partition coefficient (Wildman–Crippen LogP) is 2.29. The van der Waals surface area contributed by atoms with Crippen molar-refractivity contribution in [2.45, 2.75) is 25.8 Å². The minimum atomic E-state index is -0.448. The molecule has 1 aromatic rings. The Morgan fingerprint density at radius 1 is 1.50 bits per heavy atom. The van der Waals surface area contributed by atoms with Gasteiger partial charge in [-0.25, -0.2) is 4.39 Å². The summed E-state index contributed by atoms with van der Waals surface area (Å²) in [7, 11) is 0. The highest BCUT2D eigenvalue weighted by atomic mass is 19.1. The molecule has 0 spiro atoms. The van der Waals surface area contributed by atoms with Gasteiger partial charge in [0.05, 0.1) is 4.92 Å². The van der Waals surface area contributed by atoms with Crippen molar-refractivity contribution in [3.8, 4) is 0 Å². The summed E-state index contributed by atoms with van der Waals surface area (Å²) in [5, 5.41) is 11.0. The van der Waals surface area contributed by atoms with Crippen molar-refractivity contribution in [2.75, 3.05) is 19.6 Å². The predicted molar refractivity (Wildman–Crippen MR) is 74.7 cm³/mol. The average molecular weight is 281 g/mol. The Kier molecular flexibility index (Phi) is 5.03. The molecule has 110 valence electrons. The number of hydrogen-bond acceptors (Lipinski definition) is 4. The second-order valence-electron chi connectivity index (χ2n) is 5.35. The lowest BCUT2D eigenvalue weighted by Gasteiger charge is -2.32. The Morgan fingerprint density at radius 3 is 3.00 bits per heavy atom. The summed E-state index contributed by atoms with van der Waals surface area (Å²) in [5.74, 6) is 0.113. The minimum absolute atomic E-state index is 0.00708. The van der Waals surface area contributed by atoms with Crippen LogP contribution in [0.4, 0.5) is 10.1 Å². The number of nitrogens with two attached hydrogens (primary N) is 1. The second kappa shape index (κ2) is 6.76. The Morgan fingerprint density at radius 2 is 2.30 bits per heavy atom. The third kappa shape index (κ3) is 3.74. The molecule has 1 aromatic carbocycles. The summed E-state index contributed by atoms with van der Waals surface area (Å²) in [6.45, 7) is 2.87. The molecule has 1 unspecified atom stereocenters. The van der Waals surface area contributed by atoms with E-state index in [0.717, 1.165) is 38.4 Å². The van der Waals surface area contributed by atoms with E-state index in [1.165, 1.54) is 12.1 Å². The average Bonchev–Trinajstić information content (AvgIpc) is 2.39. The van der Waals surface area contributed by atoms with Gasteiger partial charge in [0.2, 0.25) is 0 Å². The van der Waals surface area contributed by atoms with Crippen molar-refractivity contribution in [2.24, 2.45) is 11.7 Å². The molecule has 6 heteroatoms. The molecule has 0 saturated carbocycles. The van der Waals surface area contributed by atoms with E-state index in [2.05, 4.69) is 4.90 Å². The zero-order valence-corrected chi connectivity index (χ0v) is 11.4. The van der Waals surface area contributed by atoms with Gasteiger partial charge in [0, 0.05) is 24.7 Å². The quantitative estimate of drug-likeness (QED) is 0.664. The van der Waals surface area contributed by atoms with E-state index in [1.807, 2.05) is 0 Å². The van der Waals surface area contributed by atoms with Crippen molar-refractivity contribution >= 4 is 5.69 Å². The number of piperidine rings is 1. The van der Waals surface area contributed by atoms with Crippen molar-refractivity contribution in [1.82, 2.24) is 4.90 Å². The van der Waals surface area contributed by atoms with Crippen LogP contribution in [0.3, 0.4) is 0 Å². The molecule has 1 atom stereocenters. The minimum Gasteiger partial charge on any atom is -0.330 e. The molecular formula is C14H20FN3O2. The van der Waals surface area contributed by atoms with Gasteiger partial charge in [-0.15, -0.1) is 0 Å².